The van der Waals surface area contributed by atoms with Crippen molar-refractivity contribution < 1.29 is 9.53 Å². The maximum Gasteiger partial charge on any atom is 0.341 e. The lowest BCUT2D eigenvalue weighted by atomic mass is 9.85. The molecule has 2 bridgehead atoms. The van der Waals surface area contributed by atoms with Crippen LogP contribution in [0.25, 0.3) is 0 Å². The Balaban J connectivity index is 1.56. The Morgan fingerprint density at radius 3 is 2.50 bits per heavy atom. The summed E-state index contributed by atoms with van der Waals surface area (Å²) < 4.78 is 4.91. The molecule has 144 valence electrons. The molecule has 2 aliphatic carbocycles. The molecule has 0 saturated heterocycles. The fraction of sp³-hybridized carbons (Fsp3) is 0.450. The van der Waals surface area contributed by atoms with E-state index in [1.807, 2.05) is 6.07 Å². The molecule has 0 amide bonds. The number of ether oxygens (including phenoxy) is 1. The number of esters is 1. The molecule has 4 rings (SSSR count). The molecule has 2 saturated carbocycles. The van der Waals surface area contributed by atoms with Gasteiger partial charge in [-0.2, -0.15) is 5.26 Å². The van der Waals surface area contributed by atoms with Crippen molar-refractivity contribution in [3.8, 4) is 6.07 Å². The topological polar surface area (TPSA) is 113 Å². The predicted octanol–water partition coefficient (Wildman–Crippen LogP) is 3.26. The molecule has 0 aliphatic heterocycles. The Bertz CT molecular complexity index is 896. The zero-order valence-corrected chi connectivity index (χ0v) is 15.7. The molecule has 2 N–H and O–H groups in total. The largest absolute Gasteiger partial charge is 0.465 e. The number of anilines is 3. The van der Waals surface area contributed by atoms with Crippen molar-refractivity contribution in [1.29, 1.82) is 5.26 Å². The minimum absolute atomic E-state index is 0.244. The van der Waals surface area contributed by atoms with Crippen molar-refractivity contribution in [2.24, 2.45) is 11.8 Å². The van der Waals surface area contributed by atoms with E-state index in [9.17, 15) is 4.79 Å². The van der Waals surface area contributed by atoms with E-state index < -0.39 is 5.97 Å². The van der Waals surface area contributed by atoms with Gasteiger partial charge in [0, 0.05) is 18.3 Å². The first-order chi connectivity index (χ1) is 13.6. The molecule has 8 nitrogen and oxygen atoms in total. The summed E-state index contributed by atoms with van der Waals surface area (Å²) in [4.78, 5) is 24.6. The number of carbonyl (C=O) groups is 1. The van der Waals surface area contributed by atoms with Gasteiger partial charge in [0.25, 0.3) is 0 Å². The third kappa shape index (κ3) is 3.88. The molecule has 2 fully saturated rings. The average Bonchev–Trinajstić information content (AvgIpc) is 3.06. The molecule has 2 heterocycles. The molecule has 0 aromatic carbocycles. The minimum Gasteiger partial charge on any atom is -0.465 e. The number of nitriles is 1. The van der Waals surface area contributed by atoms with Gasteiger partial charge < -0.3 is 15.4 Å². The number of fused-ring (bicyclic) bond motifs is 2. The normalized spacial score (nSPS) is 22.9. The van der Waals surface area contributed by atoms with Gasteiger partial charge in [-0.25, -0.2) is 19.7 Å². The summed E-state index contributed by atoms with van der Waals surface area (Å²) in [6.07, 6.45) is 10.6. The van der Waals surface area contributed by atoms with Crippen molar-refractivity contribution in [2.45, 2.75) is 38.1 Å². The smallest absolute Gasteiger partial charge is 0.341 e. The predicted molar refractivity (Wildman–Crippen MR) is 103 cm³/mol. The first-order valence-electron chi connectivity index (χ1n) is 9.48. The van der Waals surface area contributed by atoms with Crippen LogP contribution >= 0.6 is 0 Å². The van der Waals surface area contributed by atoms with E-state index in [-0.39, 0.29) is 5.69 Å². The minimum atomic E-state index is -0.418. The molecule has 2 aromatic rings. The van der Waals surface area contributed by atoms with Crippen molar-refractivity contribution >= 4 is 23.3 Å². The molecule has 2 aliphatic rings. The highest BCUT2D eigenvalue weighted by Gasteiger charge is 2.34. The number of nitrogens with one attached hydrogen (secondary N) is 2. The van der Waals surface area contributed by atoms with Gasteiger partial charge >= 0.3 is 5.97 Å². The summed E-state index contributed by atoms with van der Waals surface area (Å²) in [5.74, 6) is 2.16. The number of hydrogen-bond acceptors (Lipinski definition) is 8. The van der Waals surface area contributed by atoms with Crippen LogP contribution in [-0.4, -0.2) is 34.1 Å². The Hall–Kier alpha value is -3.21. The SMILES string of the molecule is COC(=O)c1cnc(Nc2cnc(C#N)cn2)cc1NC1C[C@H]2CC[C@@H](C1)C2. The number of methoxy groups -OCH3 is 1. The van der Waals surface area contributed by atoms with Crippen LogP contribution in [0.1, 0.15) is 48.2 Å². The van der Waals surface area contributed by atoms with E-state index in [4.69, 9.17) is 10.00 Å². The number of aromatic nitrogens is 3. The zero-order chi connectivity index (χ0) is 19.5. The van der Waals surface area contributed by atoms with Crippen LogP contribution in [0.2, 0.25) is 0 Å². The molecule has 0 spiro atoms. The lowest BCUT2D eigenvalue weighted by Gasteiger charge is -2.29. The maximum atomic E-state index is 12.2. The number of carbonyl (C=O) groups excluding carboxylic acids is 1. The monoisotopic (exact) mass is 378 g/mol. The van der Waals surface area contributed by atoms with Gasteiger partial charge in [-0.15, -0.1) is 0 Å². The number of nitrogens with zero attached hydrogens (tertiary/aromatic N) is 4. The summed E-state index contributed by atoms with van der Waals surface area (Å²) in [7, 11) is 1.37. The summed E-state index contributed by atoms with van der Waals surface area (Å²) in [6, 6.07) is 4.07. The second kappa shape index (κ2) is 7.80. The number of rotatable bonds is 5. The van der Waals surface area contributed by atoms with Gasteiger partial charge in [-0.05, 0) is 31.1 Å². The lowest BCUT2D eigenvalue weighted by molar-refractivity contribution is 0.0601. The van der Waals surface area contributed by atoms with E-state index in [0.29, 0.717) is 28.9 Å². The van der Waals surface area contributed by atoms with Crippen molar-refractivity contribution in [3.63, 3.8) is 0 Å². The fourth-order valence-corrected chi connectivity index (χ4v) is 4.34. The standard InChI is InChI=1S/C20H22N6O2/c1-28-20(27)16-10-24-18(26-19-11-22-15(8-21)9-23-19)7-17(16)25-14-5-12-2-3-13(4-12)6-14/h7,9-14H,2-6H2,1H3,(H2,23,24,25,26)/t12-,13+,14?. The summed E-state index contributed by atoms with van der Waals surface area (Å²) in [6.45, 7) is 0. The quantitative estimate of drug-likeness (QED) is 0.762. The Morgan fingerprint density at radius 1 is 1.11 bits per heavy atom. The highest BCUT2D eigenvalue weighted by molar-refractivity contribution is 5.95. The first kappa shape index (κ1) is 18.2. The van der Waals surface area contributed by atoms with Crippen LogP contribution in [0, 0.1) is 23.2 Å². The van der Waals surface area contributed by atoms with E-state index in [2.05, 4.69) is 25.6 Å². The second-order valence-electron chi connectivity index (χ2n) is 7.49. The van der Waals surface area contributed by atoms with E-state index in [1.54, 1.807) is 6.07 Å². The molecule has 8 heteroatoms. The molecular weight excluding hydrogens is 356 g/mol. The van der Waals surface area contributed by atoms with Crippen LogP contribution in [0.15, 0.2) is 24.7 Å². The highest BCUT2D eigenvalue weighted by atomic mass is 16.5. The van der Waals surface area contributed by atoms with Gasteiger partial charge in [0.1, 0.15) is 23.3 Å². The van der Waals surface area contributed by atoms with Gasteiger partial charge in [0.15, 0.2) is 5.69 Å². The highest BCUT2D eigenvalue weighted by Crippen LogP contribution is 2.43. The summed E-state index contributed by atoms with van der Waals surface area (Å²) in [5.41, 5.74) is 1.36. The fourth-order valence-electron chi connectivity index (χ4n) is 4.34. The average molecular weight is 378 g/mol. The van der Waals surface area contributed by atoms with Crippen LogP contribution in [0.3, 0.4) is 0 Å². The number of hydrogen-bond donors (Lipinski definition) is 2. The molecule has 28 heavy (non-hydrogen) atoms. The summed E-state index contributed by atoms with van der Waals surface area (Å²) >= 11 is 0. The van der Waals surface area contributed by atoms with E-state index in [0.717, 1.165) is 24.7 Å². The van der Waals surface area contributed by atoms with Crippen LogP contribution in [0.5, 0.6) is 0 Å². The number of pyridine rings is 1. The van der Waals surface area contributed by atoms with E-state index >= 15 is 0 Å². The third-order valence-electron chi connectivity index (χ3n) is 5.58. The van der Waals surface area contributed by atoms with Gasteiger partial charge in [0.05, 0.1) is 25.2 Å². The maximum absolute atomic E-state index is 12.2. The van der Waals surface area contributed by atoms with Crippen molar-refractivity contribution in [2.75, 3.05) is 17.7 Å². The van der Waals surface area contributed by atoms with Gasteiger partial charge in [0.2, 0.25) is 0 Å². The Labute approximate surface area is 163 Å². The first-order valence-corrected chi connectivity index (χ1v) is 9.48. The van der Waals surface area contributed by atoms with Crippen molar-refractivity contribution in [1.82, 2.24) is 15.0 Å². The van der Waals surface area contributed by atoms with E-state index in [1.165, 1.54) is 45.0 Å². The van der Waals surface area contributed by atoms with Crippen LogP contribution in [0.4, 0.5) is 17.3 Å². The van der Waals surface area contributed by atoms with Crippen molar-refractivity contribution in [3.05, 3.63) is 35.9 Å². The lowest BCUT2D eigenvalue weighted by Crippen LogP contribution is -2.29. The van der Waals surface area contributed by atoms with Gasteiger partial charge in [-0.3, -0.25) is 0 Å². The zero-order valence-electron chi connectivity index (χ0n) is 15.7. The molecule has 0 radical (unpaired) electrons. The molecule has 2 aromatic heterocycles. The summed E-state index contributed by atoms with van der Waals surface area (Å²) in [5, 5.41) is 15.4. The Kier molecular flexibility index (Phi) is 5.06. The Morgan fingerprint density at radius 2 is 1.86 bits per heavy atom. The second-order valence-corrected chi connectivity index (χ2v) is 7.49. The third-order valence-corrected chi connectivity index (χ3v) is 5.58. The van der Waals surface area contributed by atoms with Crippen LogP contribution in [-0.2, 0) is 4.74 Å². The molecular formula is C20H22N6O2. The van der Waals surface area contributed by atoms with Gasteiger partial charge in [-0.1, -0.05) is 12.8 Å². The molecule has 1 unspecified atom stereocenters. The molecule has 3 atom stereocenters. The van der Waals surface area contributed by atoms with Crippen LogP contribution < -0.4 is 10.6 Å².